The zero-order valence-electron chi connectivity index (χ0n) is 15.4. The molecule has 0 unspecified atom stereocenters. The van der Waals surface area contributed by atoms with Crippen LogP contribution < -0.4 is 16.3 Å². The number of hydrogen-bond acceptors (Lipinski definition) is 8. The van der Waals surface area contributed by atoms with E-state index in [0.717, 1.165) is 36.4 Å². The van der Waals surface area contributed by atoms with Crippen molar-refractivity contribution in [3.63, 3.8) is 0 Å². The van der Waals surface area contributed by atoms with Crippen molar-refractivity contribution in [3.05, 3.63) is 60.7 Å². The quantitative estimate of drug-likeness (QED) is 0.167. The van der Waals surface area contributed by atoms with E-state index in [0.29, 0.717) is 13.0 Å². The van der Waals surface area contributed by atoms with Gasteiger partial charge in [-0.05, 0) is 30.7 Å². The average molecular weight is 431 g/mol. The summed E-state index contributed by atoms with van der Waals surface area (Å²) in [5.41, 5.74) is 7.40. The van der Waals surface area contributed by atoms with Crippen molar-refractivity contribution in [2.75, 3.05) is 30.4 Å². The lowest BCUT2D eigenvalue weighted by Crippen LogP contribution is -2.78. The van der Waals surface area contributed by atoms with Gasteiger partial charge < -0.3 is 16.3 Å². The first-order valence-corrected chi connectivity index (χ1v) is 11.2. The molecule has 28 heavy (non-hydrogen) atoms. The number of benzene rings is 2. The Bertz CT molecular complexity index is 705. The van der Waals surface area contributed by atoms with Gasteiger partial charge in [0.2, 0.25) is 0 Å². The lowest BCUT2D eigenvalue weighted by Gasteiger charge is -2.03. The highest BCUT2D eigenvalue weighted by Crippen LogP contribution is 2.05. The topological polar surface area (TPSA) is 128 Å². The maximum Gasteiger partial charge on any atom is 0.267 e. The second-order valence-electron chi connectivity index (χ2n) is 5.56. The van der Waals surface area contributed by atoms with E-state index >= 15 is 0 Å². The predicted molar refractivity (Wildman–Crippen MR) is 107 cm³/mol. The van der Waals surface area contributed by atoms with Gasteiger partial charge in [0.1, 0.15) is 5.69 Å². The van der Waals surface area contributed by atoms with Crippen LogP contribution in [0.3, 0.4) is 0 Å². The molecule has 0 amide bonds. The molecular formula is C18H26N2O6S2. The molecule has 1 fully saturated rings. The summed E-state index contributed by atoms with van der Waals surface area (Å²) in [6, 6.07) is 19.6. The molecule has 1 saturated heterocycles. The number of hydrogen-bond donors (Lipinski definition) is 2. The largest absolute Gasteiger partial charge is 0.691 e. The standard InChI is InChI=1S/C9H13NO3S.C6H7N.C3H6O3S/c11-12-13-14-8-4-7-10-9-5-2-1-3-6-9;7-6-4-2-1-3-5-6;4-7(5)3-1-2-6-7/h1-3,5-6,10-11H,4,7-8H2;1-5H,7H2;1-3H2. The van der Waals surface area contributed by atoms with E-state index in [2.05, 4.69) is 31.0 Å². The van der Waals surface area contributed by atoms with Gasteiger partial charge in [0.05, 0.1) is 18.9 Å². The molecule has 0 radical (unpaired) electrons. The molecule has 0 spiro atoms. The Morgan fingerprint density at radius 3 is 2.18 bits per heavy atom. The molecule has 10 heteroatoms. The van der Waals surface area contributed by atoms with E-state index in [-0.39, 0.29) is 5.75 Å². The Kier molecular flexibility index (Phi) is 13.3. The number of anilines is 1. The van der Waals surface area contributed by atoms with Crippen LogP contribution in [0.25, 0.3) is 0 Å². The van der Waals surface area contributed by atoms with Crippen molar-refractivity contribution in [1.29, 1.82) is 0 Å². The van der Waals surface area contributed by atoms with Gasteiger partial charge in [0.15, 0.2) is 0 Å². The first kappa shape index (κ1) is 24.4. The maximum absolute atomic E-state index is 10.2. The van der Waals surface area contributed by atoms with Gasteiger partial charge in [0.25, 0.3) is 10.1 Å². The highest BCUT2D eigenvalue weighted by atomic mass is 32.2. The fourth-order valence-corrected chi connectivity index (χ4v) is 3.34. The third-order valence-electron chi connectivity index (χ3n) is 3.29. The fourth-order valence-electron chi connectivity index (χ4n) is 1.99. The summed E-state index contributed by atoms with van der Waals surface area (Å²) in [6.45, 7) is 1.35. The summed E-state index contributed by atoms with van der Waals surface area (Å²) in [7, 11) is -3.05. The molecule has 2 aromatic carbocycles. The Morgan fingerprint density at radius 1 is 1.11 bits per heavy atom. The number of nitrogens with two attached hydrogens (primary N) is 2. The van der Waals surface area contributed by atoms with Gasteiger partial charge in [-0.25, -0.2) is 0 Å². The van der Waals surface area contributed by atoms with Gasteiger partial charge in [-0.3, -0.25) is 9.22 Å². The van der Waals surface area contributed by atoms with E-state index in [1.165, 1.54) is 5.69 Å². The third kappa shape index (κ3) is 13.5. The molecule has 0 atom stereocenters. The zero-order chi connectivity index (χ0) is 20.5. The second kappa shape index (κ2) is 15.3. The minimum Gasteiger partial charge on any atom is -0.691 e. The molecule has 1 aliphatic heterocycles. The summed E-state index contributed by atoms with van der Waals surface area (Å²) in [5, 5.41) is 14.8. The summed E-state index contributed by atoms with van der Waals surface area (Å²) in [5.74, 6) is 0.957. The van der Waals surface area contributed by atoms with Crippen LogP contribution in [0.4, 0.5) is 11.4 Å². The summed E-state index contributed by atoms with van der Waals surface area (Å²) in [6.07, 6.45) is 1.62. The molecule has 0 bridgehead atoms. The van der Waals surface area contributed by atoms with Crippen LogP contribution >= 0.6 is 12.0 Å². The van der Waals surface area contributed by atoms with E-state index in [1.807, 2.05) is 48.5 Å². The van der Waals surface area contributed by atoms with Crippen LogP contribution in [-0.2, 0) is 23.7 Å². The van der Waals surface area contributed by atoms with Crippen LogP contribution in [0.2, 0.25) is 0 Å². The van der Waals surface area contributed by atoms with Crippen molar-refractivity contribution >= 4 is 33.5 Å². The minimum absolute atomic E-state index is 0.201. The highest BCUT2D eigenvalue weighted by molar-refractivity contribution is 7.94. The normalized spacial score (nSPS) is 14.3. The number of nitrogen functional groups attached to an aromatic ring is 1. The fraction of sp³-hybridized carbons (Fsp3) is 0.333. The summed E-state index contributed by atoms with van der Waals surface area (Å²) in [4.78, 5) is 0. The molecule has 8 nitrogen and oxygen atoms in total. The average Bonchev–Trinajstić information content (AvgIpc) is 3.11. The van der Waals surface area contributed by atoms with Crippen molar-refractivity contribution in [2.45, 2.75) is 12.8 Å². The van der Waals surface area contributed by atoms with E-state index in [1.54, 1.807) is 0 Å². The predicted octanol–water partition coefficient (Wildman–Crippen LogP) is 1.15. The molecule has 0 aromatic heterocycles. The Morgan fingerprint density at radius 2 is 1.75 bits per heavy atom. The van der Waals surface area contributed by atoms with Crippen molar-refractivity contribution in [3.8, 4) is 0 Å². The minimum atomic E-state index is -3.05. The Labute approximate surface area is 170 Å². The number of rotatable bonds is 7. The van der Waals surface area contributed by atoms with Gasteiger partial charge in [-0.2, -0.15) is 12.8 Å². The van der Waals surface area contributed by atoms with Crippen molar-refractivity contribution < 1.29 is 32.5 Å². The van der Waals surface area contributed by atoms with Crippen molar-refractivity contribution in [1.82, 2.24) is 0 Å². The van der Waals surface area contributed by atoms with Crippen molar-refractivity contribution in [2.24, 2.45) is 0 Å². The van der Waals surface area contributed by atoms with Gasteiger partial charge in [-0.15, -0.1) is 0 Å². The van der Waals surface area contributed by atoms with E-state index < -0.39 is 10.1 Å². The summed E-state index contributed by atoms with van der Waals surface area (Å²) < 4.78 is 28.9. The Hall–Kier alpha value is -1.66. The lowest BCUT2D eigenvalue weighted by atomic mass is 10.3. The molecule has 3 rings (SSSR count). The molecule has 1 heterocycles. The summed E-state index contributed by atoms with van der Waals surface area (Å²) >= 11 is 1.03. The smallest absolute Gasteiger partial charge is 0.267 e. The van der Waals surface area contributed by atoms with Gasteiger partial charge >= 0.3 is 0 Å². The van der Waals surface area contributed by atoms with Crippen LogP contribution in [0.1, 0.15) is 12.8 Å². The van der Waals surface area contributed by atoms with Crippen LogP contribution in [0.15, 0.2) is 60.7 Å². The van der Waals surface area contributed by atoms with E-state index in [9.17, 15) is 13.7 Å². The molecular weight excluding hydrogens is 404 g/mol. The molecule has 0 aliphatic carbocycles. The van der Waals surface area contributed by atoms with Crippen LogP contribution in [0, 0.1) is 0 Å². The first-order chi connectivity index (χ1) is 13.5. The van der Waals surface area contributed by atoms with Gasteiger partial charge in [-0.1, -0.05) is 36.4 Å². The van der Waals surface area contributed by atoms with Crippen LogP contribution in [0.5, 0.6) is 0 Å². The maximum atomic E-state index is 10.2. The lowest BCUT2D eigenvalue weighted by molar-refractivity contribution is -0.777. The highest BCUT2D eigenvalue weighted by Gasteiger charge is 2.16. The molecule has 2 aromatic rings. The molecule has 0 saturated carbocycles. The van der Waals surface area contributed by atoms with E-state index in [4.69, 9.17) is 5.73 Å². The molecule has 156 valence electrons. The first-order valence-electron chi connectivity index (χ1n) is 8.67. The second-order valence-corrected chi connectivity index (χ2v) is 8.10. The molecule has 1 aliphatic rings. The number of quaternary nitrogens is 1. The SMILES string of the molecule is Nc1ccccc1.O=S1(=O)CCCO1.[O-]OOSCCC[NH2+]c1ccccc1. The molecule has 4 N–H and O–H groups in total. The van der Waals surface area contributed by atoms with Crippen LogP contribution in [-0.4, -0.2) is 33.1 Å². The number of para-hydroxylation sites is 2. The monoisotopic (exact) mass is 430 g/mol. The van der Waals surface area contributed by atoms with Gasteiger partial charge in [0, 0.05) is 29.9 Å². The third-order valence-corrected chi connectivity index (χ3v) is 5.21. The zero-order valence-corrected chi connectivity index (χ0v) is 17.1. The Balaban J connectivity index is 0.000000233.